The van der Waals surface area contributed by atoms with Gasteiger partial charge in [-0.3, -0.25) is 0 Å². The van der Waals surface area contributed by atoms with Gasteiger partial charge in [0.1, 0.15) is 12.2 Å². The highest BCUT2D eigenvalue weighted by molar-refractivity contribution is 5.74. The van der Waals surface area contributed by atoms with Crippen LogP contribution in [0.5, 0.6) is 0 Å². The van der Waals surface area contributed by atoms with Crippen LogP contribution in [0.25, 0.3) is 18.7 Å². The molecular weight excluding hydrogens is 340 g/mol. The van der Waals surface area contributed by atoms with Crippen molar-refractivity contribution in [1.29, 1.82) is 5.26 Å². The number of aliphatic hydroxyl groups is 2. The quantitative estimate of drug-likeness (QED) is 0.534. The standard InChI is InChI=1S/C22H28N2O3/c1-12-7-8-18(9-13(12)2)14(3)19(10-23)16(5)24-11-20-15(4)21(25)22(26)17(6)27-20/h7-9,15,17,20-22,24-26H,1-2,5,11H2,3-4,6H3/b19-14+/t15?,17-,20?,21+,22+/m1/s1. The lowest BCUT2D eigenvalue weighted by Crippen LogP contribution is -2.54. The van der Waals surface area contributed by atoms with Gasteiger partial charge in [-0.05, 0) is 41.5 Å². The van der Waals surface area contributed by atoms with Crippen LogP contribution in [0.2, 0.25) is 0 Å². The van der Waals surface area contributed by atoms with E-state index in [9.17, 15) is 15.5 Å². The zero-order valence-electron chi connectivity index (χ0n) is 16.2. The van der Waals surface area contributed by atoms with Crippen molar-refractivity contribution in [2.45, 2.75) is 45.2 Å². The minimum Gasteiger partial charge on any atom is -0.390 e. The van der Waals surface area contributed by atoms with Crippen LogP contribution >= 0.6 is 0 Å². The average molecular weight is 368 g/mol. The highest BCUT2D eigenvalue weighted by Crippen LogP contribution is 2.26. The number of benzene rings is 1. The molecule has 0 bridgehead atoms. The fourth-order valence-corrected chi connectivity index (χ4v) is 3.22. The Bertz CT molecular complexity index is 884. The predicted octanol–water partition coefficient (Wildman–Crippen LogP) is 1.05. The molecule has 0 saturated carbocycles. The number of nitrogens with zero attached hydrogens (tertiary/aromatic N) is 1. The summed E-state index contributed by atoms with van der Waals surface area (Å²) in [4.78, 5) is 0. The van der Waals surface area contributed by atoms with E-state index in [1.165, 1.54) is 0 Å². The van der Waals surface area contributed by atoms with Gasteiger partial charge >= 0.3 is 0 Å². The summed E-state index contributed by atoms with van der Waals surface area (Å²) >= 11 is 0. The molecule has 1 fully saturated rings. The molecule has 1 aliphatic heterocycles. The van der Waals surface area contributed by atoms with E-state index in [-0.39, 0.29) is 12.0 Å². The topological polar surface area (TPSA) is 85.5 Å². The van der Waals surface area contributed by atoms with E-state index in [1.807, 2.05) is 32.0 Å². The molecule has 0 radical (unpaired) electrons. The van der Waals surface area contributed by atoms with Gasteiger partial charge in [0, 0.05) is 18.2 Å². The van der Waals surface area contributed by atoms with E-state index in [4.69, 9.17) is 4.74 Å². The van der Waals surface area contributed by atoms with Crippen LogP contribution in [-0.2, 0) is 4.74 Å². The third kappa shape index (κ3) is 4.48. The van der Waals surface area contributed by atoms with E-state index in [0.29, 0.717) is 17.8 Å². The van der Waals surface area contributed by atoms with Crippen LogP contribution in [0.4, 0.5) is 0 Å². The lowest BCUT2D eigenvalue weighted by molar-refractivity contribution is -0.187. The van der Waals surface area contributed by atoms with E-state index >= 15 is 0 Å². The summed E-state index contributed by atoms with van der Waals surface area (Å²) < 4.78 is 5.79. The summed E-state index contributed by atoms with van der Waals surface area (Å²) in [5.41, 5.74) is 2.62. The Hall–Kier alpha value is -2.39. The van der Waals surface area contributed by atoms with Crippen LogP contribution in [0.1, 0.15) is 26.3 Å². The van der Waals surface area contributed by atoms with Crippen molar-refractivity contribution in [2.24, 2.45) is 5.92 Å². The number of hydrogen-bond acceptors (Lipinski definition) is 5. The highest BCUT2D eigenvalue weighted by atomic mass is 16.5. The summed E-state index contributed by atoms with van der Waals surface area (Å²) in [7, 11) is 0. The third-order valence-electron chi connectivity index (χ3n) is 5.29. The molecular formula is C22H28N2O3. The van der Waals surface area contributed by atoms with Crippen LogP contribution < -0.4 is 15.8 Å². The molecule has 0 aromatic heterocycles. The largest absolute Gasteiger partial charge is 0.390 e. The zero-order valence-corrected chi connectivity index (χ0v) is 16.2. The van der Waals surface area contributed by atoms with E-state index in [1.54, 1.807) is 6.92 Å². The molecule has 144 valence electrons. The molecule has 1 heterocycles. The van der Waals surface area contributed by atoms with Crippen molar-refractivity contribution < 1.29 is 14.9 Å². The van der Waals surface area contributed by atoms with Crippen LogP contribution in [0.15, 0.2) is 36.0 Å². The molecule has 5 atom stereocenters. The second kappa shape index (κ2) is 8.53. The Kier molecular flexibility index (Phi) is 6.61. The molecule has 1 saturated heterocycles. The number of nitriles is 1. The molecule has 1 aliphatic rings. The molecule has 0 amide bonds. The first kappa shape index (κ1) is 20.9. The van der Waals surface area contributed by atoms with Crippen molar-refractivity contribution in [3.05, 3.63) is 52.0 Å². The monoisotopic (exact) mass is 368 g/mol. The number of ether oxygens (including phenoxy) is 1. The van der Waals surface area contributed by atoms with Gasteiger partial charge in [-0.15, -0.1) is 0 Å². The van der Waals surface area contributed by atoms with Gasteiger partial charge < -0.3 is 20.3 Å². The van der Waals surface area contributed by atoms with Crippen molar-refractivity contribution in [3.63, 3.8) is 0 Å². The SMILES string of the molecule is C=C(NCC1O[C@H](C)[C@H](O)[C@@H](O)C1C)/C(C#N)=C(\C)c1ccc(=C)c(=C)c1. The minimum atomic E-state index is -0.899. The normalized spacial score (nSPS) is 28.8. The molecule has 1 aromatic carbocycles. The summed E-state index contributed by atoms with van der Waals surface area (Å²) in [6.45, 7) is 17.6. The molecule has 5 nitrogen and oxygen atoms in total. The Balaban J connectivity index is 2.15. The maximum Gasteiger partial charge on any atom is 0.106 e. The first-order valence-corrected chi connectivity index (χ1v) is 9.01. The lowest BCUT2D eigenvalue weighted by atomic mass is 9.88. The molecule has 5 heteroatoms. The summed E-state index contributed by atoms with van der Waals surface area (Å²) in [6.07, 6.45) is -2.50. The van der Waals surface area contributed by atoms with E-state index in [2.05, 4.69) is 31.1 Å². The highest BCUT2D eigenvalue weighted by Gasteiger charge is 2.39. The summed E-state index contributed by atoms with van der Waals surface area (Å²) in [6, 6.07) is 7.88. The van der Waals surface area contributed by atoms with Crippen LogP contribution in [-0.4, -0.2) is 41.2 Å². The molecule has 2 unspecified atom stereocenters. The number of aliphatic hydroxyl groups excluding tert-OH is 2. The van der Waals surface area contributed by atoms with Crippen LogP contribution in [0.3, 0.4) is 0 Å². The Morgan fingerprint density at radius 3 is 2.48 bits per heavy atom. The summed E-state index contributed by atoms with van der Waals surface area (Å²) in [5, 5.41) is 34.5. The predicted molar refractivity (Wildman–Crippen MR) is 108 cm³/mol. The maximum absolute atomic E-state index is 10.1. The fourth-order valence-electron chi connectivity index (χ4n) is 3.22. The molecule has 27 heavy (non-hydrogen) atoms. The fraction of sp³-hybridized carbons (Fsp3) is 0.409. The van der Waals surface area contributed by atoms with Gasteiger partial charge in [0.15, 0.2) is 0 Å². The first-order chi connectivity index (χ1) is 12.7. The number of rotatable bonds is 5. The Morgan fingerprint density at radius 1 is 1.22 bits per heavy atom. The molecule has 2 rings (SSSR count). The second-order valence-electron chi connectivity index (χ2n) is 7.17. The van der Waals surface area contributed by atoms with E-state index in [0.717, 1.165) is 21.6 Å². The van der Waals surface area contributed by atoms with Crippen molar-refractivity contribution in [3.8, 4) is 6.07 Å². The van der Waals surface area contributed by atoms with Gasteiger partial charge in [0.25, 0.3) is 0 Å². The average Bonchev–Trinajstić information content (AvgIpc) is 2.64. The first-order valence-electron chi connectivity index (χ1n) is 9.01. The molecule has 0 spiro atoms. The Morgan fingerprint density at radius 2 is 1.89 bits per heavy atom. The van der Waals surface area contributed by atoms with Crippen LogP contribution in [0, 0.1) is 17.2 Å². The second-order valence-corrected chi connectivity index (χ2v) is 7.17. The molecule has 0 aliphatic carbocycles. The summed E-state index contributed by atoms with van der Waals surface area (Å²) in [5.74, 6) is -0.245. The minimum absolute atomic E-state index is 0.245. The maximum atomic E-state index is 10.1. The van der Waals surface area contributed by atoms with E-state index < -0.39 is 18.3 Å². The zero-order chi connectivity index (χ0) is 20.3. The van der Waals surface area contributed by atoms with Gasteiger partial charge in [0.05, 0.1) is 23.9 Å². The van der Waals surface area contributed by atoms with Crippen molar-refractivity contribution in [1.82, 2.24) is 5.32 Å². The Labute approximate surface area is 160 Å². The molecule has 3 N–H and O–H groups in total. The van der Waals surface area contributed by atoms with Gasteiger partial charge in [-0.25, -0.2) is 0 Å². The number of hydrogen-bond donors (Lipinski definition) is 3. The lowest BCUT2D eigenvalue weighted by Gasteiger charge is -2.40. The third-order valence-corrected chi connectivity index (χ3v) is 5.29. The van der Waals surface area contributed by atoms with Gasteiger partial charge in [-0.1, -0.05) is 38.8 Å². The van der Waals surface area contributed by atoms with Crippen molar-refractivity contribution >= 4 is 18.7 Å². The van der Waals surface area contributed by atoms with Crippen molar-refractivity contribution in [2.75, 3.05) is 6.54 Å². The number of nitrogens with one attached hydrogen (secondary N) is 1. The van der Waals surface area contributed by atoms with Gasteiger partial charge in [-0.2, -0.15) is 5.26 Å². The smallest absolute Gasteiger partial charge is 0.106 e. The van der Waals surface area contributed by atoms with Gasteiger partial charge in [0.2, 0.25) is 0 Å². The molecule has 1 aromatic rings. The number of allylic oxidation sites excluding steroid dienone is 2.